The van der Waals surface area contributed by atoms with Crippen molar-refractivity contribution in [3.05, 3.63) is 12.0 Å². The Morgan fingerprint density at radius 1 is 1.77 bits per heavy atom. The molecule has 0 spiro atoms. The number of anilines is 1. The monoisotopic (exact) mass is 180 g/mol. The number of fused-ring (bicyclic) bond motifs is 1. The maximum Gasteiger partial charge on any atom is 0.290 e. The Kier molecular flexibility index (Phi) is 1.52. The Labute approximate surface area is 73.4 Å². The molecule has 1 atom stereocenters. The SMILES string of the molecule is N=CC1Nc2nc[nH]c2C(=O)N1N. The van der Waals surface area contributed by atoms with Gasteiger partial charge in [0.1, 0.15) is 5.69 Å². The zero-order chi connectivity index (χ0) is 9.42. The van der Waals surface area contributed by atoms with E-state index in [2.05, 4.69) is 15.3 Å². The molecule has 1 aromatic rings. The number of H-pyrrole nitrogens is 1. The lowest BCUT2D eigenvalue weighted by atomic mass is 10.3. The van der Waals surface area contributed by atoms with Crippen LogP contribution in [0.1, 0.15) is 10.5 Å². The number of hydrogen-bond donors (Lipinski definition) is 4. The van der Waals surface area contributed by atoms with Crippen LogP contribution >= 0.6 is 0 Å². The largest absolute Gasteiger partial charge is 0.342 e. The molecular weight excluding hydrogens is 172 g/mol. The minimum absolute atomic E-state index is 0.320. The standard InChI is InChI=1S/C6H8N6O/c7-1-3-11-5-4(9-2-10-5)6(13)12(3)8/h1-3,7,11H,8H2,(H,9,10). The van der Waals surface area contributed by atoms with Crippen molar-refractivity contribution in [3.8, 4) is 0 Å². The van der Waals surface area contributed by atoms with Crippen LogP contribution in [0.15, 0.2) is 6.33 Å². The molecule has 1 amide bonds. The van der Waals surface area contributed by atoms with E-state index in [9.17, 15) is 4.79 Å². The van der Waals surface area contributed by atoms with E-state index in [1.807, 2.05) is 0 Å². The number of nitrogens with zero attached hydrogens (tertiary/aromatic N) is 2. The summed E-state index contributed by atoms with van der Waals surface area (Å²) in [4.78, 5) is 18.0. The van der Waals surface area contributed by atoms with Gasteiger partial charge in [0, 0.05) is 6.21 Å². The second-order valence-electron chi connectivity index (χ2n) is 2.59. The fourth-order valence-corrected chi connectivity index (χ4v) is 1.15. The van der Waals surface area contributed by atoms with Gasteiger partial charge in [-0.25, -0.2) is 15.8 Å². The van der Waals surface area contributed by atoms with Crippen molar-refractivity contribution in [2.75, 3.05) is 5.32 Å². The summed E-state index contributed by atoms with van der Waals surface area (Å²) in [5, 5.41) is 10.8. The third-order valence-electron chi connectivity index (χ3n) is 1.83. The maximum atomic E-state index is 11.4. The summed E-state index contributed by atoms with van der Waals surface area (Å²) in [5.41, 5.74) is 0.320. The summed E-state index contributed by atoms with van der Waals surface area (Å²) in [5.74, 6) is 5.48. The van der Waals surface area contributed by atoms with E-state index in [4.69, 9.17) is 11.3 Å². The number of hydrazine groups is 1. The number of carbonyl (C=O) groups excluding carboxylic acids is 1. The molecule has 7 heteroatoms. The third-order valence-corrected chi connectivity index (χ3v) is 1.83. The number of carbonyl (C=O) groups is 1. The number of nitrogens with one attached hydrogen (secondary N) is 3. The molecule has 1 aliphatic rings. The molecule has 2 heterocycles. The molecule has 0 radical (unpaired) electrons. The number of amides is 1. The predicted molar refractivity (Wildman–Crippen MR) is 45.1 cm³/mol. The maximum absolute atomic E-state index is 11.4. The van der Waals surface area contributed by atoms with Gasteiger partial charge in [-0.3, -0.25) is 4.79 Å². The van der Waals surface area contributed by atoms with E-state index >= 15 is 0 Å². The van der Waals surface area contributed by atoms with Crippen LogP contribution in [0.3, 0.4) is 0 Å². The fraction of sp³-hybridized carbons (Fsp3) is 0.167. The van der Waals surface area contributed by atoms with Crippen LogP contribution in [-0.4, -0.2) is 33.3 Å². The molecule has 68 valence electrons. The highest BCUT2D eigenvalue weighted by atomic mass is 16.2. The van der Waals surface area contributed by atoms with Gasteiger partial charge in [-0.15, -0.1) is 0 Å². The van der Waals surface area contributed by atoms with Gasteiger partial charge < -0.3 is 15.7 Å². The molecule has 1 unspecified atom stereocenters. The second kappa shape index (κ2) is 2.56. The summed E-state index contributed by atoms with van der Waals surface area (Å²) in [6.07, 6.45) is 1.81. The first-order valence-corrected chi connectivity index (χ1v) is 3.63. The van der Waals surface area contributed by atoms with Gasteiger partial charge in [0.05, 0.1) is 6.33 Å². The van der Waals surface area contributed by atoms with E-state index in [-0.39, 0.29) is 5.91 Å². The van der Waals surface area contributed by atoms with Crippen molar-refractivity contribution in [2.45, 2.75) is 6.17 Å². The highest BCUT2D eigenvalue weighted by Crippen LogP contribution is 2.17. The fourth-order valence-electron chi connectivity index (χ4n) is 1.15. The number of aromatic amines is 1. The lowest BCUT2D eigenvalue weighted by molar-refractivity contribution is 0.0724. The highest BCUT2D eigenvalue weighted by molar-refractivity contribution is 6.00. The van der Waals surface area contributed by atoms with Crippen LogP contribution in [0, 0.1) is 5.41 Å². The van der Waals surface area contributed by atoms with Crippen molar-refractivity contribution in [2.24, 2.45) is 5.84 Å². The quantitative estimate of drug-likeness (QED) is 0.255. The van der Waals surface area contributed by atoms with Gasteiger partial charge in [-0.1, -0.05) is 0 Å². The first-order valence-electron chi connectivity index (χ1n) is 3.63. The summed E-state index contributed by atoms with van der Waals surface area (Å²) in [7, 11) is 0. The molecule has 13 heavy (non-hydrogen) atoms. The summed E-state index contributed by atoms with van der Waals surface area (Å²) < 4.78 is 0. The van der Waals surface area contributed by atoms with Crippen LogP contribution in [0.2, 0.25) is 0 Å². The van der Waals surface area contributed by atoms with E-state index in [0.29, 0.717) is 11.5 Å². The molecule has 0 saturated carbocycles. The van der Waals surface area contributed by atoms with E-state index < -0.39 is 6.17 Å². The highest BCUT2D eigenvalue weighted by Gasteiger charge is 2.30. The summed E-state index contributed by atoms with van der Waals surface area (Å²) in [6, 6.07) is 0. The van der Waals surface area contributed by atoms with Crippen molar-refractivity contribution in [3.63, 3.8) is 0 Å². The molecule has 0 saturated heterocycles. The van der Waals surface area contributed by atoms with Gasteiger partial charge in [0.25, 0.3) is 5.91 Å². The van der Waals surface area contributed by atoms with E-state index in [0.717, 1.165) is 11.2 Å². The van der Waals surface area contributed by atoms with Gasteiger partial charge in [0.2, 0.25) is 0 Å². The van der Waals surface area contributed by atoms with Crippen LogP contribution < -0.4 is 11.2 Å². The van der Waals surface area contributed by atoms with E-state index in [1.54, 1.807) is 0 Å². The molecular formula is C6H8N6O. The molecule has 1 aromatic heterocycles. The Balaban J connectivity index is 2.43. The molecule has 0 aliphatic carbocycles. The molecule has 0 aromatic carbocycles. The van der Waals surface area contributed by atoms with Crippen LogP contribution in [0.25, 0.3) is 0 Å². The average Bonchev–Trinajstić information content (AvgIpc) is 2.59. The zero-order valence-electron chi connectivity index (χ0n) is 6.61. The molecule has 0 fully saturated rings. The van der Waals surface area contributed by atoms with Crippen LogP contribution in [0.4, 0.5) is 5.82 Å². The second-order valence-corrected chi connectivity index (χ2v) is 2.59. The minimum atomic E-state index is -0.622. The average molecular weight is 180 g/mol. The van der Waals surface area contributed by atoms with Crippen molar-refractivity contribution in [1.29, 1.82) is 5.41 Å². The lowest BCUT2D eigenvalue weighted by Gasteiger charge is -2.28. The van der Waals surface area contributed by atoms with Gasteiger partial charge >= 0.3 is 0 Å². The Morgan fingerprint density at radius 2 is 2.54 bits per heavy atom. The normalized spacial score (nSPS) is 20.8. The lowest BCUT2D eigenvalue weighted by Crippen LogP contribution is -2.53. The molecule has 0 bridgehead atoms. The Bertz CT molecular complexity index is 358. The van der Waals surface area contributed by atoms with Crippen molar-refractivity contribution >= 4 is 17.9 Å². The first kappa shape index (κ1) is 7.74. The van der Waals surface area contributed by atoms with Crippen LogP contribution in [0.5, 0.6) is 0 Å². The third kappa shape index (κ3) is 0.975. The number of nitrogens with two attached hydrogens (primary N) is 1. The Hall–Kier alpha value is -1.89. The number of rotatable bonds is 1. The van der Waals surface area contributed by atoms with Gasteiger partial charge in [-0.2, -0.15) is 0 Å². The summed E-state index contributed by atoms with van der Waals surface area (Å²) in [6.45, 7) is 0. The number of aromatic nitrogens is 2. The van der Waals surface area contributed by atoms with Gasteiger partial charge in [0.15, 0.2) is 12.0 Å². The molecule has 5 N–H and O–H groups in total. The zero-order valence-corrected chi connectivity index (χ0v) is 6.61. The predicted octanol–water partition coefficient (Wildman–Crippen LogP) is -0.873. The summed E-state index contributed by atoms with van der Waals surface area (Å²) >= 11 is 0. The van der Waals surface area contributed by atoms with Crippen molar-refractivity contribution in [1.82, 2.24) is 15.0 Å². The van der Waals surface area contributed by atoms with Gasteiger partial charge in [-0.05, 0) is 0 Å². The molecule has 2 rings (SSSR count). The Morgan fingerprint density at radius 3 is 3.23 bits per heavy atom. The van der Waals surface area contributed by atoms with Crippen LogP contribution in [-0.2, 0) is 0 Å². The first-order chi connectivity index (χ1) is 6.24. The molecule has 7 nitrogen and oxygen atoms in total. The number of hydrogen-bond acceptors (Lipinski definition) is 5. The molecule has 1 aliphatic heterocycles. The smallest absolute Gasteiger partial charge is 0.290 e. The number of imidazole rings is 1. The van der Waals surface area contributed by atoms with E-state index in [1.165, 1.54) is 6.33 Å². The topological polar surface area (TPSA) is 111 Å². The van der Waals surface area contributed by atoms with Crippen molar-refractivity contribution < 1.29 is 4.79 Å². The minimum Gasteiger partial charge on any atom is -0.342 e.